The second kappa shape index (κ2) is 5.51. The van der Waals surface area contributed by atoms with Gasteiger partial charge in [0.25, 0.3) is 11.5 Å². The largest absolute Gasteiger partial charge is 0.480 e. The maximum Gasteiger partial charge on any atom is 0.326 e. The maximum atomic E-state index is 12.2. The van der Waals surface area contributed by atoms with Crippen molar-refractivity contribution in [3.63, 3.8) is 0 Å². The number of amides is 1. The molecule has 0 saturated heterocycles. The first-order valence-corrected chi connectivity index (χ1v) is 6.62. The van der Waals surface area contributed by atoms with Crippen molar-refractivity contribution < 1.29 is 19.5 Å². The van der Waals surface area contributed by atoms with Gasteiger partial charge in [-0.1, -0.05) is 0 Å². The first kappa shape index (κ1) is 15.0. The molecule has 0 spiro atoms. The summed E-state index contributed by atoms with van der Waals surface area (Å²) < 4.78 is 0. The number of hydrogen-bond donors (Lipinski definition) is 2. The summed E-state index contributed by atoms with van der Waals surface area (Å²) in [5, 5.41) is 8.92. The minimum absolute atomic E-state index is 0.115. The number of likely N-dealkylation sites (N-methyl/N-ethyl adjacent to an activating group) is 1. The van der Waals surface area contributed by atoms with E-state index in [9.17, 15) is 19.2 Å². The summed E-state index contributed by atoms with van der Waals surface area (Å²) in [7, 11) is 1.31. The zero-order chi connectivity index (χ0) is 15.7. The SMILES string of the molecule is CC(C(=O)O)N(C)C(=O)c1cc2c([nH]c1=O)CCCC2=O. The van der Waals surface area contributed by atoms with E-state index in [0.29, 0.717) is 30.5 Å². The number of nitrogens with zero attached hydrogens (tertiary/aromatic N) is 1. The number of ketones is 1. The van der Waals surface area contributed by atoms with Crippen molar-refractivity contribution in [2.75, 3.05) is 7.05 Å². The molecule has 0 aromatic carbocycles. The number of H-pyrrole nitrogens is 1. The molecule has 0 bridgehead atoms. The molecule has 112 valence electrons. The van der Waals surface area contributed by atoms with Gasteiger partial charge in [0.2, 0.25) is 0 Å². The van der Waals surface area contributed by atoms with Crippen molar-refractivity contribution in [2.24, 2.45) is 0 Å². The number of carbonyl (C=O) groups excluding carboxylic acids is 2. The second-order valence-electron chi connectivity index (χ2n) is 5.11. The van der Waals surface area contributed by atoms with Gasteiger partial charge in [-0.15, -0.1) is 0 Å². The summed E-state index contributed by atoms with van der Waals surface area (Å²) in [6.07, 6.45) is 1.64. The number of pyridine rings is 1. The molecule has 1 aromatic rings. The van der Waals surface area contributed by atoms with Crippen LogP contribution in [0.1, 0.15) is 46.2 Å². The normalized spacial score (nSPS) is 15.2. The highest BCUT2D eigenvalue weighted by Gasteiger charge is 2.27. The number of carboxylic acid groups (broad SMARTS) is 1. The van der Waals surface area contributed by atoms with Crippen molar-refractivity contribution in [3.8, 4) is 0 Å². The van der Waals surface area contributed by atoms with Crippen molar-refractivity contribution in [3.05, 3.63) is 33.2 Å². The summed E-state index contributed by atoms with van der Waals surface area (Å²) in [6, 6.07) is 0.215. The Morgan fingerprint density at radius 3 is 2.62 bits per heavy atom. The Morgan fingerprint density at radius 2 is 2.00 bits per heavy atom. The lowest BCUT2D eigenvalue weighted by atomic mass is 9.93. The highest BCUT2D eigenvalue weighted by Crippen LogP contribution is 2.19. The molecule has 7 heteroatoms. The summed E-state index contributed by atoms with van der Waals surface area (Å²) in [6.45, 7) is 1.35. The molecule has 1 unspecified atom stereocenters. The fourth-order valence-electron chi connectivity index (χ4n) is 2.27. The molecule has 1 aliphatic rings. The first-order chi connectivity index (χ1) is 9.82. The van der Waals surface area contributed by atoms with Crippen LogP contribution < -0.4 is 5.56 Å². The van der Waals surface area contributed by atoms with E-state index < -0.39 is 23.5 Å². The highest BCUT2D eigenvalue weighted by atomic mass is 16.4. The number of aromatic nitrogens is 1. The fraction of sp³-hybridized carbons (Fsp3) is 0.429. The third kappa shape index (κ3) is 2.72. The molecule has 1 amide bonds. The first-order valence-electron chi connectivity index (χ1n) is 6.62. The maximum absolute atomic E-state index is 12.2. The Labute approximate surface area is 120 Å². The van der Waals surface area contributed by atoms with Gasteiger partial charge in [-0.05, 0) is 25.8 Å². The summed E-state index contributed by atoms with van der Waals surface area (Å²) in [5.74, 6) is -2.00. The smallest absolute Gasteiger partial charge is 0.326 e. The van der Waals surface area contributed by atoms with Gasteiger partial charge >= 0.3 is 5.97 Å². The fourth-order valence-corrected chi connectivity index (χ4v) is 2.27. The van der Waals surface area contributed by atoms with Gasteiger partial charge in [0, 0.05) is 24.7 Å². The van der Waals surface area contributed by atoms with Crippen molar-refractivity contribution in [2.45, 2.75) is 32.2 Å². The number of hydrogen-bond acceptors (Lipinski definition) is 4. The van der Waals surface area contributed by atoms with Crippen LogP contribution in [0.3, 0.4) is 0 Å². The number of Topliss-reactive ketones (excluding diaryl/α,β-unsaturated/α-hetero) is 1. The molecule has 1 aromatic heterocycles. The van der Waals surface area contributed by atoms with E-state index in [1.807, 2.05) is 0 Å². The topological polar surface area (TPSA) is 108 Å². The predicted octanol–water partition coefficient (Wildman–Crippen LogP) is 0.439. The molecule has 7 nitrogen and oxygen atoms in total. The van der Waals surface area contributed by atoms with Crippen molar-refractivity contribution in [1.82, 2.24) is 9.88 Å². The van der Waals surface area contributed by atoms with E-state index >= 15 is 0 Å². The van der Waals surface area contributed by atoms with Crippen LogP contribution in [0.15, 0.2) is 10.9 Å². The Hall–Kier alpha value is -2.44. The highest BCUT2D eigenvalue weighted by molar-refractivity contribution is 6.02. The quantitative estimate of drug-likeness (QED) is 0.840. The average molecular weight is 292 g/mol. The van der Waals surface area contributed by atoms with E-state index in [1.54, 1.807) is 0 Å². The minimum Gasteiger partial charge on any atom is -0.480 e. The molecule has 0 fully saturated rings. The van der Waals surface area contributed by atoms with Gasteiger partial charge in [-0.2, -0.15) is 0 Å². The third-order valence-electron chi connectivity index (χ3n) is 3.74. The Morgan fingerprint density at radius 1 is 1.33 bits per heavy atom. The van der Waals surface area contributed by atoms with E-state index in [1.165, 1.54) is 20.0 Å². The summed E-state index contributed by atoms with van der Waals surface area (Å²) >= 11 is 0. The van der Waals surface area contributed by atoms with Crippen LogP contribution in [0, 0.1) is 0 Å². The molecule has 1 atom stereocenters. The molecule has 1 heterocycles. The van der Waals surface area contributed by atoms with E-state index in [2.05, 4.69) is 4.98 Å². The monoisotopic (exact) mass is 292 g/mol. The standard InChI is InChI=1S/C14H16N2O5/c1-7(14(20)21)16(2)13(19)9-6-8-10(15-12(9)18)4-3-5-11(8)17/h6-7H,3-5H2,1-2H3,(H,15,18)(H,20,21). The lowest BCUT2D eigenvalue weighted by molar-refractivity contribution is -0.141. The van der Waals surface area contributed by atoms with Crippen LogP contribution in [0.25, 0.3) is 0 Å². The van der Waals surface area contributed by atoms with Crippen LogP contribution in [0.4, 0.5) is 0 Å². The van der Waals surface area contributed by atoms with E-state index in [4.69, 9.17) is 5.11 Å². The van der Waals surface area contributed by atoms with Crippen LogP contribution in [-0.2, 0) is 11.2 Å². The molecular formula is C14H16N2O5. The number of aryl methyl sites for hydroxylation is 1. The van der Waals surface area contributed by atoms with Gasteiger partial charge in [-0.3, -0.25) is 14.4 Å². The number of aliphatic carboxylic acids is 1. The van der Waals surface area contributed by atoms with Crippen molar-refractivity contribution in [1.29, 1.82) is 0 Å². The van der Waals surface area contributed by atoms with Gasteiger partial charge in [0.05, 0.1) is 0 Å². The van der Waals surface area contributed by atoms with Crippen LogP contribution >= 0.6 is 0 Å². The molecule has 0 aliphatic heterocycles. The molecule has 0 radical (unpaired) electrons. The van der Waals surface area contributed by atoms with E-state index in [-0.39, 0.29) is 11.3 Å². The average Bonchev–Trinajstić information content (AvgIpc) is 2.44. The van der Waals surface area contributed by atoms with Crippen LogP contribution in [-0.4, -0.2) is 45.7 Å². The van der Waals surface area contributed by atoms with Crippen LogP contribution in [0.5, 0.6) is 0 Å². The van der Waals surface area contributed by atoms with Gasteiger partial charge in [-0.25, -0.2) is 4.79 Å². The number of carbonyl (C=O) groups is 3. The zero-order valence-corrected chi connectivity index (χ0v) is 11.8. The Bertz CT molecular complexity index is 676. The molecule has 2 rings (SSSR count). The molecular weight excluding hydrogens is 276 g/mol. The number of carboxylic acids is 1. The second-order valence-corrected chi connectivity index (χ2v) is 5.11. The molecule has 2 N–H and O–H groups in total. The summed E-state index contributed by atoms with van der Waals surface area (Å²) in [4.78, 5) is 50.5. The Kier molecular flexibility index (Phi) is 3.93. The number of aromatic amines is 1. The molecule has 1 aliphatic carbocycles. The summed E-state index contributed by atoms with van der Waals surface area (Å²) in [5.41, 5.74) is 0.0832. The van der Waals surface area contributed by atoms with Gasteiger partial charge < -0.3 is 15.0 Å². The lowest BCUT2D eigenvalue weighted by Gasteiger charge is -2.22. The van der Waals surface area contributed by atoms with Gasteiger partial charge in [0.1, 0.15) is 11.6 Å². The molecule has 0 saturated carbocycles. The van der Waals surface area contributed by atoms with Crippen LogP contribution in [0.2, 0.25) is 0 Å². The number of nitrogens with one attached hydrogen (secondary N) is 1. The van der Waals surface area contributed by atoms with Crippen molar-refractivity contribution >= 4 is 17.7 Å². The minimum atomic E-state index is -1.17. The number of fused-ring (bicyclic) bond motifs is 1. The lowest BCUT2D eigenvalue weighted by Crippen LogP contribution is -2.42. The zero-order valence-electron chi connectivity index (χ0n) is 11.8. The Balaban J connectivity index is 2.43. The van der Waals surface area contributed by atoms with E-state index in [0.717, 1.165) is 4.90 Å². The third-order valence-corrected chi connectivity index (χ3v) is 3.74. The number of rotatable bonds is 3. The van der Waals surface area contributed by atoms with Gasteiger partial charge in [0.15, 0.2) is 5.78 Å². The predicted molar refractivity (Wildman–Crippen MR) is 73.5 cm³/mol. The molecule has 21 heavy (non-hydrogen) atoms.